The average molecular weight is 348 g/mol. The lowest BCUT2D eigenvalue weighted by molar-refractivity contribution is -0.122. The molecule has 1 aromatic heterocycles. The Morgan fingerprint density at radius 3 is 3.00 bits per heavy atom. The second-order valence-corrected chi connectivity index (χ2v) is 7.22. The fourth-order valence-electron chi connectivity index (χ4n) is 3.93. The van der Waals surface area contributed by atoms with E-state index in [9.17, 15) is 9.90 Å². The van der Waals surface area contributed by atoms with Gasteiger partial charge in [0.15, 0.2) is 0 Å². The molecule has 3 N–H and O–H groups in total. The van der Waals surface area contributed by atoms with Crippen molar-refractivity contribution in [2.24, 2.45) is 0 Å². The summed E-state index contributed by atoms with van der Waals surface area (Å²) in [6.07, 6.45) is 5.67. The topological polar surface area (TPSA) is 65.1 Å². The van der Waals surface area contributed by atoms with Crippen LogP contribution in [-0.4, -0.2) is 22.5 Å². The maximum absolute atomic E-state index is 12.3. The number of carbonyl (C=O) groups excluding carboxylic acids is 1. The molecule has 1 aliphatic carbocycles. The number of aliphatic hydroxyl groups is 1. The molecule has 1 amide bonds. The minimum atomic E-state index is -0.950. The molecular weight excluding hydrogens is 324 g/mol. The van der Waals surface area contributed by atoms with Gasteiger partial charge in [-0.1, -0.05) is 30.3 Å². The first-order chi connectivity index (χ1) is 12.6. The minimum absolute atomic E-state index is 0.0179. The van der Waals surface area contributed by atoms with Crippen molar-refractivity contribution in [3.63, 3.8) is 0 Å². The lowest BCUT2D eigenvalue weighted by Crippen LogP contribution is -2.43. The van der Waals surface area contributed by atoms with E-state index in [2.05, 4.69) is 28.5 Å². The van der Waals surface area contributed by atoms with Crippen LogP contribution >= 0.6 is 0 Å². The van der Waals surface area contributed by atoms with Crippen molar-refractivity contribution in [3.8, 4) is 0 Å². The predicted octanol–water partition coefficient (Wildman–Crippen LogP) is 3.44. The lowest BCUT2D eigenvalue weighted by Gasteiger charge is -2.34. The van der Waals surface area contributed by atoms with E-state index in [0.717, 1.165) is 34.9 Å². The van der Waals surface area contributed by atoms with Gasteiger partial charge < -0.3 is 15.4 Å². The van der Waals surface area contributed by atoms with Crippen LogP contribution in [0.1, 0.15) is 36.0 Å². The normalized spacial score (nSPS) is 19.3. The van der Waals surface area contributed by atoms with Crippen molar-refractivity contribution in [2.45, 2.75) is 37.7 Å². The summed E-state index contributed by atoms with van der Waals surface area (Å²) in [5, 5.41) is 15.1. The molecule has 3 aromatic rings. The molecule has 4 nitrogen and oxygen atoms in total. The van der Waals surface area contributed by atoms with Crippen LogP contribution in [0.15, 0.2) is 54.7 Å². The van der Waals surface area contributed by atoms with Crippen LogP contribution < -0.4 is 5.32 Å². The number of H-pyrrole nitrogens is 1. The molecular formula is C22H24N2O2. The molecule has 0 radical (unpaired) electrons. The van der Waals surface area contributed by atoms with E-state index in [1.807, 2.05) is 36.5 Å². The Hall–Kier alpha value is -2.59. The highest BCUT2D eigenvalue weighted by Crippen LogP contribution is 2.34. The molecule has 1 aliphatic rings. The van der Waals surface area contributed by atoms with Crippen LogP contribution in [0.5, 0.6) is 0 Å². The summed E-state index contributed by atoms with van der Waals surface area (Å²) < 4.78 is 0. The molecule has 26 heavy (non-hydrogen) atoms. The number of aryl methyl sites for hydroxylation is 2. The molecule has 4 rings (SSSR count). The zero-order valence-electron chi connectivity index (χ0n) is 14.8. The monoisotopic (exact) mass is 348 g/mol. The smallest absolute Gasteiger partial charge is 0.220 e. The minimum Gasteiger partial charge on any atom is -0.383 e. The molecule has 0 saturated heterocycles. The summed E-state index contributed by atoms with van der Waals surface area (Å²) in [6, 6.07) is 16.3. The van der Waals surface area contributed by atoms with Gasteiger partial charge in [-0.05, 0) is 66.0 Å². The number of nitrogens with one attached hydrogen (secondary N) is 2. The van der Waals surface area contributed by atoms with E-state index in [-0.39, 0.29) is 12.5 Å². The predicted molar refractivity (Wildman–Crippen MR) is 103 cm³/mol. The maximum Gasteiger partial charge on any atom is 0.220 e. The van der Waals surface area contributed by atoms with Crippen molar-refractivity contribution in [1.29, 1.82) is 0 Å². The number of amides is 1. The average Bonchev–Trinajstić information content (AvgIpc) is 3.13. The summed E-state index contributed by atoms with van der Waals surface area (Å²) in [5.74, 6) is -0.0179. The zero-order valence-corrected chi connectivity index (χ0v) is 14.8. The molecule has 1 unspecified atom stereocenters. The number of benzene rings is 2. The Morgan fingerprint density at radius 2 is 2.08 bits per heavy atom. The second kappa shape index (κ2) is 6.96. The quantitative estimate of drug-likeness (QED) is 0.661. The van der Waals surface area contributed by atoms with Gasteiger partial charge in [-0.25, -0.2) is 0 Å². The molecule has 1 heterocycles. The van der Waals surface area contributed by atoms with Crippen LogP contribution in [0.4, 0.5) is 0 Å². The number of carbonyl (C=O) groups is 1. The molecule has 134 valence electrons. The molecule has 0 aliphatic heterocycles. The number of hydrogen-bond acceptors (Lipinski definition) is 2. The van der Waals surface area contributed by atoms with E-state index in [0.29, 0.717) is 19.3 Å². The van der Waals surface area contributed by atoms with Crippen LogP contribution in [0, 0.1) is 0 Å². The van der Waals surface area contributed by atoms with Gasteiger partial charge in [0.05, 0.1) is 6.54 Å². The summed E-state index contributed by atoms with van der Waals surface area (Å²) in [4.78, 5) is 15.5. The number of hydrogen-bond donors (Lipinski definition) is 3. The molecule has 4 heteroatoms. The van der Waals surface area contributed by atoms with Gasteiger partial charge in [-0.2, -0.15) is 0 Å². The van der Waals surface area contributed by atoms with Crippen molar-refractivity contribution in [3.05, 3.63) is 71.4 Å². The number of fused-ring (bicyclic) bond motifs is 2. The van der Waals surface area contributed by atoms with Crippen molar-refractivity contribution in [2.75, 3.05) is 6.54 Å². The Kier molecular flexibility index (Phi) is 4.51. The standard InChI is InChI=1S/C22H24N2O2/c25-21(10-8-16-7-9-20-18(14-16)11-13-23-20)24-15-22(26)12-3-5-17-4-1-2-6-19(17)22/h1-2,4,6-7,9,11,13-14,23,26H,3,5,8,10,12,15H2,(H,24,25). The molecule has 1 atom stereocenters. The first kappa shape index (κ1) is 16.9. The lowest BCUT2D eigenvalue weighted by atomic mass is 9.79. The summed E-state index contributed by atoms with van der Waals surface area (Å²) in [6.45, 7) is 0.277. The van der Waals surface area contributed by atoms with Crippen molar-refractivity contribution < 1.29 is 9.90 Å². The van der Waals surface area contributed by atoms with Gasteiger partial charge in [0.1, 0.15) is 5.60 Å². The van der Waals surface area contributed by atoms with Gasteiger partial charge in [0.25, 0.3) is 0 Å². The van der Waals surface area contributed by atoms with Crippen LogP contribution in [0.25, 0.3) is 10.9 Å². The zero-order chi connectivity index (χ0) is 18.0. The van der Waals surface area contributed by atoms with E-state index < -0.39 is 5.60 Å². The Morgan fingerprint density at radius 1 is 1.19 bits per heavy atom. The third kappa shape index (κ3) is 3.37. The molecule has 0 bridgehead atoms. The van der Waals surface area contributed by atoms with E-state index in [1.54, 1.807) is 0 Å². The second-order valence-electron chi connectivity index (χ2n) is 7.22. The molecule has 0 fully saturated rings. The number of aromatic nitrogens is 1. The summed E-state index contributed by atoms with van der Waals surface area (Å²) in [7, 11) is 0. The highest BCUT2D eigenvalue weighted by atomic mass is 16.3. The van der Waals surface area contributed by atoms with Crippen LogP contribution in [0.2, 0.25) is 0 Å². The van der Waals surface area contributed by atoms with Crippen molar-refractivity contribution in [1.82, 2.24) is 10.3 Å². The number of aromatic amines is 1. The Balaban J connectivity index is 1.35. The Bertz CT molecular complexity index is 931. The third-order valence-electron chi connectivity index (χ3n) is 5.39. The largest absolute Gasteiger partial charge is 0.383 e. The van der Waals surface area contributed by atoms with Gasteiger partial charge in [0.2, 0.25) is 5.91 Å². The van der Waals surface area contributed by atoms with E-state index in [4.69, 9.17) is 0 Å². The van der Waals surface area contributed by atoms with Gasteiger partial charge in [-0.3, -0.25) is 4.79 Å². The molecule has 0 spiro atoms. The first-order valence-corrected chi connectivity index (χ1v) is 9.28. The Labute approximate surface area is 153 Å². The maximum atomic E-state index is 12.3. The molecule has 0 saturated carbocycles. The van der Waals surface area contributed by atoms with Gasteiger partial charge in [-0.15, -0.1) is 0 Å². The highest BCUT2D eigenvalue weighted by Gasteiger charge is 2.34. The first-order valence-electron chi connectivity index (χ1n) is 9.28. The third-order valence-corrected chi connectivity index (χ3v) is 5.39. The molecule has 2 aromatic carbocycles. The fourth-order valence-corrected chi connectivity index (χ4v) is 3.93. The van der Waals surface area contributed by atoms with Crippen molar-refractivity contribution >= 4 is 16.8 Å². The summed E-state index contributed by atoms with van der Waals surface area (Å²) in [5.41, 5.74) is 3.46. The highest BCUT2D eigenvalue weighted by molar-refractivity contribution is 5.80. The van der Waals surface area contributed by atoms with Gasteiger partial charge in [0, 0.05) is 18.1 Å². The van der Waals surface area contributed by atoms with Gasteiger partial charge >= 0.3 is 0 Å². The number of rotatable bonds is 5. The van der Waals surface area contributed by atoms with E-state index >= 15 is 0 Å². The van der Waals surface area contributed by atoms with E-state index in [1.165, 1.54) is 5.56 Å². The SMILES string of the molecule is O=C(CCc1ccc2[nH]ccc2c1)NCC1(O)CCCc2ccccc21. The van der Waals surface area contributed by atoms with Crippen LogP contribution in [0.3, 0.4) is 0 Å². The fraction of sp³-hybridized carbons (Fsp3) is 0.318. The van der Waals surface area contributed by atoms with Crippen LogP contribution in [-0.2, 0) is 23.2 Å². The summed E-state index contributed by atoms with van der Waals surface area (Å²) >= 11 is 0.